The summed E-state index contributed by atoms with van der Waals surface area (Å²) in [5, 5.41) is 0. The highest BCUT2D eigenvalue weighted by Crippen LogP contribution is 2.12. The number of nitrogen functional groups attached to an aromatic ring is 1. The monoisotopic (exact) mass is 254 g/mol. The van der Waals surface area contributed by atoms with E-state index >= 15 is 0 Å². The van der Waals surface area contributed by atoms with Gasteiger partial charge in [-0.3, -0.25) is 9.59 Å². The lowest BCUT2D eigenvalue weighted by molar-refractivity contribution is -0.120. The first-order chi connectivity index (χ1) is 7.66. The number of hydrogen-bond donors (Lipinski definition) is 1. The van der Waals surface area contributed by atoms with Crippen molar-refractivity contribution < 1.29 is 9.59 Å². The zero-order valence-electron chi connectivity index (χ0n) is 9.39. The van der Waals surface area contributed by atoms with Gasteiger partial charge < -0.3 is 10.6 Å². The van der Waals surface area contributed by atoms with E-state index in [2.05, 4.69) is 0 Å². The maximum absolute atomic E-state index is 12.0. The van der Waals surface area contributed by atoms with Crippen LogP contribution >= 0.6 is 12.4 Å². The summed E-state index contributed by atoms with van der Waals surface area (Å²) in [5.41, 5.74) is 6.83. The minimum absolute atomic E-state index is 0. The lowest BCUT2D eigenvalue weighted by Crippen LogP contribution is -2.38. The van der Waals surface area contributed by atoms with Crippen LogP contribution in [0.5, 0.6) is 0 Å². The molecule has 1 amide bonds. The van der Waals surface area contributed by atoms with E-state index in [0.717, 1.165) is 0 Å². The van der Waals surface area contributed by atoms with Crippen molar-refractivity contribution in [2.45, 2.75) is 12.8 Å². The highest BCUT2D eigenvalue weighted by atomic mass is 35.5. The minimum atomic E-state index is -0.0208. The standard InChI is InChI=1S/C12H14N2O2.ClH/c13-10-3-1-9(2-4-10)12(16)14-7-5-11(15)6-8-14;/h1-4H,5-8,13H2;1H. The molecule has 1 heterocycles. The molecule has 0 atom stereocenters. The third-order valence-corrected chi connectivity index (χ3v) is 2.77. The average molecular weight is 255 g/mol. The number of nitrogens with two attached hydrogens (primary N) is 1. The van der Waals surface area contributed by atoms with Crippen molar-refractivity contribution in [2.24, 2.45) is 0 Å². The van der Waals surface area contributed by atoms with Crippen molar-refractivity contribution in [3.05, 3.63) is 29.8 Å². The van der Waals surface area contributed by atoms with Gasteiger partial charge in [0, 0.05) is 37.2 Å². The number of ketones is 1. The van der Waals surface area contributed by atoms with Gasteiger partial charge in [0.05, 0.1) is 0 Å². The Morgan fingerprint density at radius 3 is 2.18 bits per heavy atom. The molecular weight excluding hydrogens is 240 g/mol. The van der Waals surface area contributed by atoms with Crippen molar-refractivity contribution in [1.29, 1.82) is 0 Å². The SMILES string of the molecule is Cl.Nc1ccc(C(=O)N2CCC(=O)CC2)cc1. The molecule has 1 aromatic carbocycles. The molecule has 0 radical (unpaired) electrons. The fraction of sp³-hybridized carbons (Fsp3) is 0.333. The molecule has 1 aliphatic heterocycles. The molecule has 2 N–H and O–H groups in total. The van der Waals surface area contributed by atoms with Gasteiger partial charge in [-0.15, -0.1) is 12.4 Å². The Balaban J connectivity index is 0.00000144. The van der Waals surface area contributed by atoms with Crippen LogP contribution in [0.2, 0.25) is 0 Å². The number of benzene rings is 1. The second-order valence-electron chi connectivity index (χ2n) is 3.95. The van der Waals surface area contributed by atoms with Gasteiger partial charge in [-0.05, 0) is 24.3 Å². The lowest BCUT2D eigenvalue weighted by atomic mass is 10.1. The van der Waals surface area contributed by atoms with Crippen LogP contribution in [0, 0.1) is 0 Å². The number of hydrogen-bond acceptors (Lipinski definition) is 3. The summed E-state index contributed by atoms with van der Waals surface area (Å²) in [6.07, 6.45) is 0.946. The predicted molar refractivity (Wildman–Crippen MR) is 68.2 cm³/mol. The maximum Gasteiger partial charge on any atom is 0.253 e. The maximum atomic E-state index is 12.0. The van der Waals surface area contributed by atoms with E-state index in [4.69, 9.17) is 5.73 Å². The second-order valence-corrected chi connectivity index (χ2v) is 3.95. The summed E-state index contributed by atoms with van der Waals surface area (Å²) in [7, 11) is 0. The number of amides is 1. The van der Waals surface area contributed by atoms with Gasteiger partial charge >= 0.3 is 0 Å². The number of likely N-dealkylation sites (tertiary alicyclic amines) is 1. The number of anilines is 1. The number of carbonyl (C=O) groups is 2. The predicted octanol–water partition coefficient (Wildman–Crippen LogP) is 1.50. The summed E-state index contributed by atoms with van der Waals surface area (Å²) < 4.78 is 0. The first-order valence-electron chi connectivity index (χ1n) is 5.33. The molecule has 17 heavy (non-hydrogen) atoms. The van der Waals surface area contributed by atoms with E-state index < -0.39 is 0 Å². The van der Waals surface area contributed by atoms with Gasteiger partial charge in [-0.1, -0.05) is 0 Å². The van der Waals surface area contributed by atoms with E-state index in [0.29, 0.717) is 37.2 Å². The number of rotatable bonds is 1. The van der Waals surface area contributed by atoms with Gasteiger partial charge in [0.2, 0.25) is 0 Å². The third kappa shape index (κ3) is 3.20. The number of carbonyl (C=O) groups excluding carboxylic acids is 2. The largest absolute Gasteiger partial charge is 0.399 e. The summed E-state index contributed by atoms with van der Waals surface area (Å²) in [4.78, 5) is 24.8. The Morgan fingerprint density at radius 2 is 1.65 bits per heavy atom. The number of piperidine rings is 1. The molecular formula is C12H15ClN2O2. The minimum Gasteiger partial charge on any atom is -0.399 e. The quantitative estimate of drug-likeness (QED) is 0.773. The molecule has 92 valence electrons. The molecule has 0 bridgehead atoms. The zero-order valence-corrected chi connectivity index (χ0v) is 10.2. The average Bonchev–Trinajstić information content (AvgIpc) is 2.30. The molecule has 1 aliphatic rings. The molecule has 2 rings (SSSR count). The molecule has 1 fully saturated rings. The summed E-state index contributed by atoms with van der Waals surface area (Å²) >= 11 is 0. The molecule has 1 aromatic rings. The van der Waals surface area contributed by atoms with Crippen LogP contribution in [0.15, 0.2) is 24.3 Å². The molecule has 0 aromatic heterocycles. The van der Waals surface area contributed by atoms with Crippen LogP contribution in [0.3, 0.4) is 0 Å². The lowest BCUT2D eigenvalue weighted by Gasteiger charge is -2.26. The van der Waals surface area contributed by atoms with E-state index in [1.807, 2.05) is 0 Å². The molecule has 5 heteroatoms. The Bertz CT molecular complexity index is 407. The molecule has 1 saturated heterocycles. The highest BCUT2D eigenvalue weighted by molar-refractivity contribution is 5.95. The Kier molecular flexibility index (Phi) is 4.52. The molecule has 0 unspecified atom stereocenters. The van der Waals surface area contributed by atoms with Crippen molar-refractivity contribution in [3.8, 4) is 0 Å². The molecule has 4 nitrogen and oxygen atoms in total. The van der Waals surface area contributed by atoms with Crippen LogP contribution in [0.4, 0.5) is 5.69 Å². The van der Waals surface area contributed by atoms with Crippen molar-refractivity contribution in [1.82, 2.24) is 4.90 Å². The van der Waals surface area contributed by atoms with Crippen LogP contribution in [-0.2, 0) is 4.79 Å². The van der Waals surface area contributed by atoms with Crippen LogP contribution in [0.1, 0.15) is 23.2 Å². The van der Waals surface area contributed by atoms with E-state index in [9.17, 15) is 9.59 Å². The van der Waals surface area contributed by atoms with Gasteiger partial charge in [0.1, 0.15) is 5.78 Å². The number of Topliss-reactive ketones (excluding diaryl/α,β-unsaturated/α-hetero) is 1. The Hall–Kier alpha value is -1.55. The van der Waals surface area contributed by atoms with Crippen molar-refractivity contribution >= 4 is 29.8 Å². The normalized spacial score (nSPS) is 15.3. The van der Waals surface area contributed by atoms with Crippen LogP contribution in [0.25, 0.3) is 0 Å². The summed E-state index contributed by atoms with van der Waals surface area (Å²) in [6.45, 7) is 1.06. The first-order valence-corrected chi connectivity index (χ1v) is 5.33. The molecule has 0 saturated carbocycles. The fourth-order valence-corrected chi connectivity index (χ4v) is 1.77. The van der Waals surface area contributed by atoms with Gasteiger partial charge in [0.15, 0.2) is 0 Å². The number of halogens is 1. The van der Waals surface area contributed by atoms with Gasteiger partial charge in [-0.2, -0.15) is 0 Å². The first kappa shape index (κ1) is 13.5. The topological polar surface area (TPSA) is 63.4 Å². The Morgan fingerprint density at radius 1 is 1.12 bits per heavy atom. The number of nitrogens with zero attached hydrogens (tertiary/aromatic N) is 1. The smallest absolute Gasteiger partial charge is 0.253 e. The highest BCUT2D eigenvalue weighted by Gasteiger charge is 2.21. The molecule has 0 aliphatic carbocycles. The van der Waals surface area contributed by atoms with E-state index in [1.54, 1.807) is 29.2 Å². The van der Waals surface area contributed by atoms with Gasteiger partial charge in [-0.25, -0.2) is 0 Å². The van der Waals surface area contributed by atoms with Gasteiger partial charge in [0.25, 0.3) is 5.91 Å². The van der Waals surface area contributed by atoms with Crippen molar-refractivity contribution in [3.63, 3.8) is 0 Å². The van der Waals surface area contributed by atoms with E-state index in [-0.39, 0.29) is 24.1 Å². The van der Waals surface area contributed by atoms with Crippen LogP contribution < -0.4 is 5.73 Å². The zero-order chi connectivity index (χ0) is 11.5. The van der Waals surface area contributed by atoms with E-state index in [1.165, 1.54) is 0 Å². The second kappa shape index (κ2) is 5.68. The summed E-state index contributed by atoms with van der Waals surface area (Å²) in [6, 6.07) is 6.85. The fourth-order valence-electron chi connectivity index (χ4n) is 1.77. The molecule has 0 spiro atoms. The Labute approximate surface area is 106 Å². The van der Waals surface area contributed by atoms with Crippen LogP contribution in [-0.4, -0.2) is 29.7 Å². The van der Waals surface area contributed by atoms with Crippen molar-refractivity contribution in [2.75, 3.05) is 18.8 Å². The summed E-state index contributed by atoms with van der Waals surface area (Å²) in [5.74, 6) is 0.217. The third-order valence-electron chi connectivity index (χ3n) is 2.77.